The Kier molecular flexibility index (Phi) is 3.49. The lowest BCUT2D eigenvalue weighted by Gasteiger charge is -2.25. The molecule has 0 radical (unpaired) electrons. The molecule has 84 valence electrons. The SMILES string of the molecule is CC1CCN(C(CN)c2occc2Br)C1. The average Bonchev–Trinajstić information content (AvgIpc) is 2.79. The lowest BCUT2D eigenvalue weighted by Crippen LogP contribution is -2.31. The Balaban J connectivity index is 2.14. The molecule has 1 aromatic heterocycles. The smallest absolute Gasteiger partial charge is 0.136 e. The van der Waals surface area contributed by atoms with E-state index >= 15 is 0 Å². The molecule has 2 atom stereocenters. The highest BCUT2D eigenvalue weighted by Gasteiger charge is 2.28. The summed E-state index contributed by atoms with van der Waals surface area (Å²) in [6, 6.07) is 2.15. The first-order valence-corrected chi connectivity index (χ1v) is 6.18. The Morgan fingerprint density at radius 1 is 1.73 bits per heavy atom. The molecule has 0 bridgehead atoms. The van der Waals surface area contributed by atoms with Crippen LogP contribution in [0.2, 0.25) is 0 Å². The van der Waals surface area contributed by atoms with Gasteiger partial charge in [-0.15, -0.1) is 0 Å². The van der Waals surface area contributed by atoms with Crippen molar-refractivity contribution in [3.63, 3.8) is 0 Å². The Morgan fingerprint density at radius 2 is 2.53 bits per heavy atom. The molecule has 0 amide bonds. The van der Waals surface area contributed by atoms with Gasteiger partial charge in [0.15, 0.2) is 0 Å². The Morgan fingerprint density at radius 3 is 3.00 bits per heavy atom. The zero-order valence-corrected chi connectivity index (χ0v) is 10.5. The number of nitrogens with zero attached hydrogens (tertiary/aromatic N) is 1. The minimum atomic E-state index is 0.222. The van der Waals surface area contributed by atoms with E-state index in [4.69, 9.17) is 10.2 Å². The molecular formula is C11H17BrN2O. The molecule has 2 unspecified atom stereocenters. The van der Waals surface area contributed by atoms with Crippen molar-refractivity contribution in [3.8, 4) is 0 Å². The maximum Gasteiger partial charge on any atom is 0.136 e. The molecule has 2 rings (SSSR count). The normalized spacial score (nSPS) is 24.6. The second-order valence-electron chi connectivity index (χ2n) is 4.27. The van der Waals surface area contributed by atoms with Crippen LogP contribution in [0, 0.1) is 5.92 Å². The molecule has 1 fully saturated rings. The van der Waals surface area contributed by atoms with Gasteiger partial charge in [-0.2, -0.15) is 0 Å². The van der Waals surface area contributed by atoms with Crippen molar-refractivity contribution >= 4 is 15.9 Å². The Hall–Kier alpha value is -0.320. The van der Waals surface area contributed by atoms with Crippen molar-refractivity contribution in [2.45, 2.75) is 19.4 Å². The summed E-state index contributed by atoms with van der Waals surface area (Å²) < 4.78 is 6.52. The summed E-state index contributed by atoms with van der Waals surface area (Å²) in [7, 11) is 0. The molecule has 1 aromatic rings. The van der Waals surface area contributed by atoms with E-state index in [0.29, 0.717) is 6.54 Å². The molecule has 0 aliphatic carbocycles. The van der Waals surface area contributed by atoms with Gasteiger partial charge in [-0.25, -0.2) is 0 Å². The second kappa shape index (κ2) is 4.68. The topological polar surface area (TPSA) is 42.4 Å². The van der Waals surface area contributed by atoms with Crippen molar-refractivity contribution in [3.05, 3.63) is 22.6 Å². The minimum Gasteiger partial charge on any atom is -0.466 e. The summed E-state index contributed by atoms with van der Waals surface area (Å²) in [6.45, 7) is 5.13. The third-order valence-corrected chi connectivity index (χ3v) is 3.72. The Labute approximate surface area is 98.7 Å². The van der Waals surface area contributed by atoms with E-state index in [2.05, 4.69) is 27.8 Å². The number of hydrogen-bond acceptors (Lipinski definition) is 3. The highest BCUT2D eigenvalue weighted by atomic mass is 79.9. The highest BCUT2D eigenvalue weighted by molar-refractivity contribution is 9.10. The highest BCUT2D eigenvalue weighted by Crippen LogP contribution is 2.31. The second-order valence-corrected chi connectivity index (χ2v) is 5.13. The third-order valence-electron chi connectivity index (χ3n) is 3.07. The lowest BCUT2D eigenvalue weighted by molar-refractivity contribution is 0.213. The summed E-state index contributed by atoms with van der Waals surface area (Å²) in [5.74, 6) is 1.74. The van der Waals surface area contributed by atoms with Gasteiger partial charge in [0.05, 0.1) is 16.8 Å². The van der Waals surface area contributed by atoms with Gasteiger partial charge in [0.25, 0.3) is 0 Å². The van der Waals surface area contributed by atoms with Gasteiger partial charge in [-0.1, -0.05) is 6.92 Å². The number of furan rings is 1. The predicted octanol–water partition coefficient (Wildman–Crippen LogP) is 2.38. The summed E-state index contributed by atoms with van der Waals surface area (Å²) in [5.41, 5.74) is 5.84. The van der Waals surface area contributed by atoms with E-state index in [9.17, 15) is 0 Å². The summed E-state index contributed by atoms with van der Waals surface area (Å²) in [5, 5.41) is 0. The van der Waals surface area contributed by atoms with E-state index in [0.717, 1.165) is 29.2 Å². The van der Waals surface area contributed by atoms with Crippen LogP contribution >= 0.6 is 15.9 Å². The Bertz CT molecular complexity index is 326. The molecule has 1 aliphatic rings. The first-order valence-electron chi connectivity index (χ1n) is 5.39. The molecule has 2 heterocycles. The summed E-state index contributed by atoms with van der Waals surface area (Å²) in [6.07, 6.45) is 2.97. The number of rotatable bonds is 3. The van der Waals surface area contributed by atoms with Gasteiger partial charge in [-0.05, 0) is 40.9 Å². The van der Waals surface area contributed by atoms with Crippen molar-refractivity contribution in [1.82, 2.24) is 4.90 Å². The van der Waals surface area contributed by atoms with Gasteiger partial charge in [-0.3, -0.25) is 4.90 Å². The van der Waals surface area contributed by atoms with E-state index in [1.54, 1.807) is 6.26 Å². The molecular weight excluding hydrogens is 256 g/mol. The van der Waals surface area contributed by atoms with Crippen molar-refractivity contribution in [2.75, 3.05) is 19.6 Å². The van der Waals surface area contributed by atoms with Crippen LogP contribution in [-0.4, -0.2) is 24.5 Å². The van der Waals surface area contributed by atoms with E-state index in [-0.39, 0.29) is 6.04 Å². The maximum atomic E-state index is 5.84. The van der Waals surface area contributed by atoms with E-state index < -0.39 is 0 Å². The zero-order chi connectivity index (χ0) is 10.8. The first-order chi connectivity index (χ1) is 7.22. The lowest BCUT2D eigenvalue weighted by atomic mass is 10.1. The average molecular weight is 273 g/mol. The number of nitrogens with two attached hydrogens (primary N) is 1. The standard InChI is InChI=1S/C11H17BrN2O/c1-8-2-4-14(7-8)10(6-13)11-9(12)3-5-15-11/h3,5,8,10H,2,4,6-7,13H2,1H3. The van der Waals surface area contributed by atoms with Gasteiger partial charge >= 0.3 is 0 Å². The van der Waals surface area contributed by atoms with Crippen LogP contribution in [0.1, 0.15) is 25.1 Å². The van der Waals surface area contributed by atoms with E-state index in [1.807, 2.05) is 6.07 Å². The fraction of sp³-hybridized carbons (Fsp3) is 0.636. The molecule has 0 saturated carbocycles. The maximum absolute atomic E-state index is 5.84. The van der Waals surface area contributed by atoms with Crippen LogP contribution in [0.3, 0.4) is 0 Å². The van der Waals surface area contributed by atoms with Crippen LogP contribution in [0.4, 0.5) is 0 Å². The van der Waals surface area contributed by atoms with Crippen molar-refractivity contribution < 1.29 is 4.42 Å². The number of halogens is 1. The minimum absolute atomic E-state index is 0.222. The molecule has 15 heavy (non-hydrogen) atoms. The predicted molar refractivity (Wildman–Crippen MR) is 63.6 cm³/mol. The number of likely N-dealkylation sites (tertiary alicyclic amines) is 1. The van der Waals surface area contributed by atoms with Crippen LogP contribution in [0.25, 0.3) is 0 Å². The van der Waals surface area contributed by atoms with E-state index in [1.165, 1.54) is 6.42 Å². The molecule has 2 N–H and O–H groups in total. The van der Waals surface area contributed by atoms with Crippen LogP contribution < -0.4 is 5.73 Å². The quantitative estimate of drug-likeness (QED) is 0.919. The van der Waals surface area contributed by atoms with Crippen LogP contribution in [0.5, 0.6) is 0 Å². The monoisotopic (exact) mass is 272 g/mol. The van der Waals surface area contributed by atoms with Gasteiger partial charge in [0.1, 0.15) is 5.76 Å². The van der Waals surface area contributed by atoms with Crippen molar-refractivity contribution in [1.29, 1.82) is 0 Å². The number of hydrogen-bond donors (Lipinski definition) is 1. The van der Waals surface area contributed by atoms with Gasteiger partial charge in [0.2, 0.25) is 0 Å². The summed E-state index contributed by atoms with van der Waals surface area (Å²) in [4.78, 5) is 2.41. The van der Waals surface area contributed by atoms with Crippen LogP contribution in [-0.2, 0) is 0 Å². The molecule has 0 aromatic carbocycles. The third kappa shape index (κ3) is 2.27. The first kappa shape index (κ1) is 11.2. The molecule has 0 spiro atoms. The van der Waals surface area contributed by atoms with Crippen molar-refractivity contribution in [2.24, 2.45) is 11.7 Å². The molecule has 4 heteroatoms. The fourth-order valence-electron chi connectivity index (χ4n) is 2.22. The summed E-state index contributed by atoms with van der Waals surface area (Å²) >= 11 is 3.49. The van der Waals surface area contributed by atoms with Gasteiger partial charge < -0.3 is 10.2 Å². The van der Waals surface area contributed by atoms with Gasteiger partial charge in [0, 0.05) is 13.1 Å². The zero-order valence-electron chi connectivity index (χ0n) is 8.95. The fourth-order valence-corrected chi connectivity index (χ4v) is 2.68. The molecule has 1 saturated heterocycles. The largest absolute Gasteiger partial charge is 0.466 e. The molecule has 3 nitrogen and oxygen atoms in total. The molecule has 1 aliphatic heterocycles. The van der Waals surface area contributed by atoms with Crippen LogP contribution in [0.15, 0.2) is 21.2 Å².